The molecule has 0 saturated heterocycles. The lowest BCUT2D eigenvalue weighted by Gasteiger charge is -2.29. The van der Waals surface area contributed by atoms with Crippen LogP contribution in [0, 0.1) is 5.92 Å². The first-order chi connectivity index (χ1) is 15.7. The highest BCUT2D eigenvalue weighted by atomic mass is 16.7. The molecule has 0 bridgehead atoms. The number of fused-ring (bicyclic) bond motifs is 2. The molecule has 1 aromatic heterocycles. The number of hydrogen-bond acceptors (Lipinski definition) is 7. The van der Waals surface area contributed by atoms with Gasteiger partial charge in [0.1, 0.15) is 5.82 Å². The molecule has 2 N–H and O–H groups in total. The molecule has 1 aliphatic heterocycles. The van der Waals surface area contributed by atoms with Crippen molar-refractivity contribution in [3.05, 3.63) is 48.0 Å². The van der Waals surface area contributed by atoms with Gasteiger partial charge in [-0.2, -0.15) is 4.98 Å². The van der Waals surface area contributed by atoms with Crippen LogP contribution in [0.5, 0.6) is 11.5 Å². The molecule has 0 atom stereocenters. The van der Waals surface area contributed by atoms with Crippen LogP contribution in [0.2, 0.25) is 0 Å². The number of hydrogen-bond donors (Lipinski definition) is 2. The van der Waals surface area contributed by atoms with Crippen LogP contribution in [0.25, 0.3) is 10.9 Å². The van der Waals surface area contributed by atoms with Crippen LogP contribution >= 0.6 is 0 Å². The van der Waals surface area contributed by atoms with E-state index in [-0.39, 0.29) is 0 Å². The molecule has 0 unspecified atom stereocenters. The first-order valence-electron chi connectivity index (χ1n) is 11.5. The maximum atomic E-state index is 5.63. The van der Waals surface area contributed by atoms with Crippen molar-refractivity contribution in [1.82, 2.24) is 15.3 Å². The Hall–Kier alpha value is -3.06. The third-order valence-electron chi connectivity index (χ3n) is 6.46. The molecular weight excluding hydrogens is 402 g/mol. The molecule has 5 rings (SSSR count). The molecule has 1 saturated carbocycles. The Balaban J connectivity index is 1.13. The second kappa shape index (κ2) is 9.20. The van der Waals surface area contributed by atoms with E-state index in [4.69, 9.17) is 19.4 Å². The summed E-state index contributed by atoms with van der Waals surface area (Å²) in [5, 5.41) is 8.30. The van der Waals surface area contributed by atoms with Crippen molar-refractivity contribution in [2.45, 2.75) is 38.3 Å². The molecule has 7 heteroatoms. The summed E-state index contributed by atoms with van der Waals surface area (Å²) in [6.45, 7) is 2.05. The summed E-state index contributed by atoms with van der Waals surface area (Å²) in [4.78, 5) is 11.5. The van der Waals surface area contributed by atoms with Gasteiger partial charge in [0.25, 0.3) is 0 Å². The molecule has 0 spiro atoms. The number of nitrogens with zero attached hydrogens (tertiary/aromatic N) is 3. The summed E-state index contributed by atoms with van der Waals surface area (Å²) < 4.78 is 11.1. The lowest BCUT2D eigenvalue weighted by atomic mass is 9.86. The summed E-state index contributed by atoms with van der Waals surface area (Å²) in [5.74, 6) is 4.06. The Labute approximate surface area is 189 Å². The highest BCUT2D eigenvalue weighted by Crippen LogP contribution is 2.35. The first-order valence-corrected chi connectivity index (χ1v) is 11.5. The van der Waals surface area contributed by atoms with Gasteiger partial charge in [-0.05, 0) is 49.8 Å². The van der Waals surface area contributed by atoms with E-state index in [1.54, 1.807) is 0 Å². The van der Waals surface area contributed by atoms with E-state index in [0.717, 1.165) is 41.3 Å². The van der Waals surface area contributed by atoms with Gasteiger partial charge in [-0.3, -0.25) is 0 Å². The summed E-state index contributed by atoms with van der Waals surface area (Å²) >= 11 is 0. The summed E-state index contributed by atoms with van der Waals surface area (Å²) in [5.41, 5.74) is 2.15. The molecule has 0 radical (unpaired) electrons. The van der Waals surface area contributed by atoms with Crippen LogP contribution in [0.4, 0.5) is 11.8 Å². The van der Waals surface area contributed by atoms with Gasteiger partial charge >= 0.3 is 0 Å². The molecule has 1 aliphatic carbocycles. The van der Waals surface area contributed by atoms with Crippen molar-refractivity contribution in [2.75, 3.05) is 37.6 Å². The lowest BCUT2D eigenvalue weighted by Crippen LogP contribution is -2.34. The second-order valence-electron chi connectivity index (χ2n) is 8.91. The Bertz CT molecular complexity index is 1080. The van der Waals surface area contributed by atoms with Crippen molar-refractivity contribution < 1.29 is 9.47 Å². The number of rotatable bonds is 7. The topological polar surface area (TPSA) is 71.5 Å². The zero-order valence-corrected chi connectivity index (χ0v) is 18.8. The van der Waals surface area contributed by atoms with Crippen LogP contribution in [0.1, 0.15) is 31.2 Å². The van der Waals surface area contributed by atoms with Crippen LogP contribution in [-0.2, 0) is 6.54 Å². The minimum Gasteiger partial charge on any atom is -0.454 e. The van der Waals surface area contributed by atoms with E-state index in [2.05, 4.69) is 22.8 Å². The van der Waals surface area contributed by atoms with Gasteiger partial charge in [-0.15, -0.1) is 0 Å². The number of benzene rings is 2. The monoisotopic (exact) mass is 433 g/mol. The highest BCUT2D eigenvalue weighted by molar-refractivity contribution is 5.90. The Kier molecular flexibility index (Phi) is 5.99. The van der Waals surface area contributed by atoms with Crippen LogP contribution < -0.4 is 25.0 Å². The van der Waals surface area contributed by atoms with Gasteiger partial charge < -0.3 is 25.0 Å². The van der Waals surface area contributed by atoms with Gasteiger partial charge in [0.05, 0.1) is 5.52 Å². The Morgan fingerprint density at radius 2 is 1.81 bits per heavy atom. The van der Waals surface area contributed by atoms with Crippen molar-refractivity contribution in [2.24, 2.45) is 5.92 Å². The molecule has 7 nitrogen and oxygen atoms in total. The molecule has 2 heterocycles. The van der Waals surface area contributed by atoms with Crippen molar-refractivity contribution in [3.63, 3.8) is 0 Å². The van der Waals surface area contributed by atoms with Crippen molar-refractivity contribution >= 4 is 22.7 Å². The minimum absolute atomic E-state index is 0.321. The third kappa shape index (κ3) is 4.43. The standard InChI is InChI=1S/C25H31N5O2/c1-30(2)24-20-7-3-4-8-21(20)28-25(29-24)27-14-17-10-12-19(13-11-17)26-15-18-6-5-9-22-23(18)32-16-31-22/h3-9,17,19,26H,10-16H2,1-2H3,(H,27,28,29). The molecule has 32 heavy (non-hydrogen) atoms. The summed E-state index contributed by atoms with van der Waals surface area (Å²) in [6, 6.07) is 14.8. The molecule has 2 aliphatic rings. The van der Waals surface area contributed by atoms with E-state index in [1.165, 1.54) is 31.2 Å². The molecule has 0 amide bonds. The number of para-hydroxylation sites is 2. The normalized spacial score (nSPS) is 19.8. The second-order valence-corrected chi connectivity index (χ2v) is 8.91. The smallest absolute Gasteiger partial charge is 0.231 e. The maximum Gasteiger partial charge on any atom is 0.231 e. The maximum absolute atomic E-state index is 5.63. The molecule has 2 aromatic carbocycles. The van der Waals surface area contributed by atoms with Gasteiger partial charge in [-0.1, -0.05) is 24.3 Å². The predicted octanol–water partition coefficient (Wildman–Crippen LogP) is 4.19. The Morgan fingerprint density at radius 3 is 2.66 bits per heavy atom. The number of ether oxygens (including phenoxy) is 2. The fourth-order valence-electron chi connectivity index (χ4n) is 4.67. The van der Waals surface area contributed by atoms with E-state index in [9.17, 15) is 0 Å². The third-order valence-corrected chi connectivity index (χ3v) is 6.46. The number of anilines is 2. The molecular formula is C25H31N5O2. The van der Waals surface area contributed by atoms with E-state index >= 15 is 0 Å². The van der Waals surface area contributed by atoms with Gasteiger partial charge in [0.2, 0.25) is 12.7 Å². The fraction of sp³-hybridized carbons (Fsp3) is 0.440. The fourth-order valence-corrected chi connectivity index (χ4v) is 4.67. The number of nitrogens with one attached hydrogen (secondary N) is 2. The van der Waals surface area contributed by atoms with Crippen molar-refractivity contribution in [3.8, 4) is 11.5 Å². The highest BCUT2D eigenvalue weighted by Gasteiger charge is 2.23. The average Bonchev–Trinajstić information content (AvgIpc) is 3.31. The Morgan fingerprint density at radius 1 is 0.969 bits per heavy atom. The SMILES string of the molecule is CN(C)c1nc(NCC2CCC(NCc3cccc4c3OCO4)CC2)nc2ccccc12. The minimum atomic E-state index is 0.321. The summed E-state index contributed by atoms with van der Waals surface area (Å²) in [7, 11) is 4.05. The average molecular weight is 434 g/mol. The molecule has 3 aromatic rings. The van der Waals surface area contributed by atoms with Gasteiger partial charge in [0.15, 0.2) is 11.5 Å². The van der Waals surface area contributed by atoms with Gasteiger partial charge in [0, 0.05) is 44.2 Å². The molecule has 1 fully saturated rings. The van der Waals surface area contributed by atoms with Crippen LogP contribution in [0.15, 0.2) is 42.5 Å². The summed E-state index contributed by atoms with van der Waals surface area (Å²) in [6.07, 6.45) is 4.76. The van der Waals surface area contributed by atoms with E-state index in [0.29, 0.717) is 24.7 Å². The lowest BCUT2D eigenvalue weighted by molar-refractivity contribution is 0.173. The first kappa shape index (κ1) is 20.8. The van der Waals surface area contributed by atoms with E-state index < -0.39 is 0 Å². The van der Waals surface area contributed by atoms with Crippen molar-refractivity contribution in [1.29, 1.82) is 0 Å². The predicted molar refractivity (Wildman–Crippen MR) is 128 cm³/mol. The molecule has 168 valence electrons. The quantitative estimate of drug-likeness (QED) is 0.579. The van der Waals surface area contributed by atoms with E-state index in [1.807, 2.05) is 49.3 Å². The zero-order chi connectivity index (χ0) is 21.9. The largest absolute Gasteiger partial charge is 0.454 e. The van der Waals surface area contributed by atoms with Gasteiger partial charge in [-0.25, -0.2) is 4.98 Å². The number of aromatic nitrogens is 2. The van der Waals surface area contributed by atoms with Crippen LogP contribution in [0.3, 0.4) is 0 Å². The zero-order valence-electron chi connectivity index (χ0n) is 18.8. The van der Waals surface area contributed by atoms with Crippen LogP contribution in [-0.4, -0.2) is 43.4 Å².